The van der Waals surface area contributed by atoms with E-state index >= 15 is 0 Å². The number of carbonyl (C=O) groups is 1. The standard InChI is InChI=1S/C21H18N4O4S2/c1-29-16-10-7-14(8-11-16)22-20(26)23-15-9-12-19-18(13-15)24-21(30-19)25-31(27,28)17-5-3-2-4-6-17/h2-13H,1H3,(H,24,25)(H2,22,23,26). The lowest BCUT2D eigenvalue weighted by Gasteiger charge is -2.08. The molecule has 1 heterocycles. The van der Waals surface area contributed by atoms with Crippen LogP contribution in [0.2, 0.25) is 0 Å². The zero-order chi connectivity index (χ0) is 21.8. The van der Waals surface area contributed by atoms with Crippen LogP contribution in [0, 0.1) is 0 Å². The predicted molar refractivity (Wildman–Crippen MR) is 123 cm³/mol. The zero-order valence-corrected chi connectivity index (χ0v) is 18.0. The number of hydrogen-bond acceptors (Lipinski definition) is 6. The van der Waals surface area contributed by atoms with Gasteiger partial charge in [0.1, 0.15) is 5.75 Å². The van der Waals surface area contributed by atoms with Gasteiger partial charge >= 0.3 is 6.03 Å². The average molecular weight is 455 g/mol. The first-order chi connectivity index (χ1) is 14.9. The summed E-state index contributed by atoms with van der Waals surface area (Å²) in [5.41, 5.74) is 1.71. The Bertz CT molecular complexity index is 1320. The molecule has 0 bridgehead atoms. The lowest BCUT2D eigenvalue weighted by atomic mass is 10.3. The summed E-state index contributed by atoms with van der Waals surface area (Å²) in [5.74, 6) is 0.693. The molecule has 3 aromatic carbocycles. The lowest BCUT2D eigenvalue weighted by molar-refractivity contribution is 0.262. The molecule has 4 aromatic rings. The van der Waals surface area contributed by atoms with Gasteiger partial charge < -0.3 is 15.4 Å². The zero-order valence-electron chi connectivity index (χ0n) is 16.3. The maximum atomic E-state index is 12.5. The fourth-order valence-electron chi connectivity index (χ4n) is 2.79. The number of amides is 2. The summed E-state index contributed by atoms with van der Waals surface area (Å²) >= 11 is 1.21. The summed E-state index contributed by atoms with van der Waals surface area (Å²) in [6, 6.07) is 19.8. The first-order valence-electron chi connectivity index (χ1n) is 9.13. The quantitative estimate of drug-likeness (QED) is 0.389. The number of rotatable bonds is 6. The number of hydrogen-bond donors (Lipinski definition) is 3. The molecule has 0 fully saturated rings. The van der Waals surface area contributed by atoms with Crippen molar-refractivity contribution in [1.82, 2.24) is 4.98 Å². The van der Waals surface area contributed by atoms with Crippen molar-refractivity contribution in [1.29, 1.82) is 0 Å². The second kappa shape index (κ2) is 8.62. The first-order valence-corrected chi connectivity index (χ1v) is 11.4. The molecule has 31 heavy (non-hydrogen) atoms. The highest BCUT2D eigenvalue weighted by atomic mass is 32.2. The third kappa shape index (κ3) is 4.93. The van der Waals surface area contributed by atoms with Gasteiger partial charge in [-0.1, -0.05) is 29.5 Å². The Morgan fingerprint density at radius 3 is 2.32 bits per heavy atom. The molecule has 0 unspecified atom stereocenters. The predicted octanol–water partition coefficient (Wildman–Crippen LogP) is 4.75. The Morgan fingerprint density at radius 1 is 0.935 bits per heavy atom. The second-order valence-corrected chi connectivity index (χ2v) is 9.14. The van der Waals surface area contributed by atoms with E-state index < -0.39 is 16.1 Å². The third-order valence-corrected chi connectivity index (χ3v) is 6.70. The number of benzene rings is 3. The van der Waals surface area contributed by atoms with Crippen LogP contribution in [0.1, 0.15) is 0 Å². The molecule has 1 aromatic heterocycles. The van der Waals surface area contributed by atoms with Crippen LogP contribution in [-0.2, 0) is 10.0 Å². The number of nitrogens with one attached hydrogen (secondary N) is 3. The van der Waals surface area contributed by atoms with E-state index in [9.17, 15) is 13.2 Å². The van der Waals surface area contributed by atoms with Crippen molar-refractivity contribution in [2.45, 2.75) is 4.90 Å². The van der Waals surface area contributed by atoms with Gasteiger partial charge in [0.2, 0.25) is 0 Å². The Hall–Kier alpha value is -3.63. The van der Waals surface area contributed by atoms with Crippen LogP contribution in [0.15, 0.2) is 77.7 Å². The number of carbonyl (C=O) groups excluding carboxylic acids is 1. The van der Waals surface area contributed by atoms with Gasteiger partial charge in [-0.25, -0.2) is 18.2 Å². The van der Waals surface area contributed by atoms with Crippen LogP contribution < -0.4 is 20.1 Å². The van der Waals surface area contributed by atoms with Gasteiger partial charge in [-0.15, -0.1) is 0 Å². The van der Waals surface area contributed by atoms with Crippen molar-refractivity contribution in [3.8, 4) is 5.75 Å². The van der Waals surface area contributed by atoms with Gasteiger partial charge in [0.25, 0.3) is 10.0 Å². The maximum absolute atomic E-state index is 12.5. The number of fused-ring (bicyclic) bond motifs is 1. The molecule has 158 valence electrons. The number of urea groups is 1. The van der Waals surface area contributed by atoms with Gasteiger partial charge in [0.15, 0.2) is 5.13 Å². The molecule has 4 rings (SSSR count). The van der Waals surface area contributed by atoms with E-state index in [0.717, 1.165) is 4.70 Å². The minimum absolute atomic E-state index is 0.159. The Labute approximate surface area is 183 Å². The molecule has 0 radical (unpaired) electrons. The highest BCUT2D eigenvalue weighted by Gasteiger charge is 2.16. The average Bonchev–Trinajstić information content (AvgIpc) is 3.15. The van der Waals surface area contributed by atoms with E-state index in [2.05, 4.69) is 20.3 Å². The highest BCUT2D eigenvalue weighted by molar-refractivity contribution is 7.93. The molecule has 2 amide bonds. The number of methoxy groups -OCH3 is 1. The monoisotopic (exact) mass is 454 g/mol. The van der Waals surface area contributed by atoms with Crippen LogP contribution in [0.4, 0.5) is 21.3 Å². The number of sulfonamides is 1. The number of ether oxygens (including phenoxy) is 1. The second-order valence-electron chi connectivity index (χ2n) is 6.43. The maximum Gasteiger partial charge on any atom is 0.323 e. The summed E-state index contributed by atoms with van der Waals surface area (Å²) in [6.45, 7) is 0. The summed E-state index contributed by atoms with van der Waals surface area (Å²) in [5, 5.41) is 5.72. The van der Waals surface area contributed by atoms with Gasteiger partial charge in [-0.05, 0) is 54.6 Å². The van der Waals surface area contributed by atoms with Crippen molar-refractivity contribution in [3.63, 3.8) is 0 Å². The smallest absolute Gasteiger partial charge is 0.323 e. The topological polar surface area (TPSA) is 109 Å². The van der Waals surface area contributed by atoms with E-state index in [1.807, 2.05) is 0 Å². The minimum Gasteiger partial charge on any atom is -0.497 e. The van der Waals surface area contributed by atoms with Crippen LogP contribution in [-0.4, -0.2) is 26.5 Å². The Balaban J connectivity index is 1.46. The largest absolute Gasteiger partial charge is 0.497 e. The molecule has 0 atom stereocenters. The van der Waals surface area contributed by atoms with Crippen LogP contribution in [0.5, 0.6) is 5.75 Å². The third-order valence-electron chi connectivity index (χ3n) is 4.27. The molecule has 0 spiro atoms. The highest BCUT2D eigenvalue weighted by Crippen LogP contribution is 2.29. The molecule has 0 aliphatic heterocycles. The lowest BCUT2D eigenvalue weighted by Crippen LogP contribution is -2.19. The van der Waals surface area contributed by atoms with E-state index in [4.69, 9.17) is 4.74 Å². The van der Waals surface area contributed by atoms with Gasteiger partial charge in [-0.2, -0.15) is 0 Å². The molecular weight excluding hydrogens is 436 g/mol. The minimum atomic E-state index is -3.72. The summed E-state index contributed by atoms with van der Waals surface area (Å²) < 4.78 is 33.3. The molecule has 0 aliphatic rings. The molecule has 3 N–H and O–H groups in total. The number of anilines is 3. The van der Waals surface area contributed by atoms with Gasteiger partial charge in [0, 0.05) is 11.4 Å². The van der Waals surface area contributed by atoms with Crippen LogP contribution >= 0.6 is 11.3 Å². The van der Waals surface area contributed by atoms with E-state index in [0.29, 0.717) is 22.6 Å². The fraction of sp³-hybridized carbons (Fsp3) is 0.0476. The van der Waals surface area contributed by atoms with Crippen LogP contribution in [0.3, 0.4) is 0 Å². The molecule has 0 saturated carbocycles. The van der Waals surface area contributed by atoms with E-state index in [1.165, 1.54) is 23.5 Å². The van der Waals surface area contributed by atoms with Gasteiger partial charge in [0.05, 0.1) is 22.2 Å². The first kappa shape index (κ1) is 20.6. The van der Waals surface area contributed by atoms with Crippen molar-refractivity contribution >= 4 is 54.1 Å². The molecule has 0 saturated heterocycles. The fourth-order valence-corrected chi connectivity index (χ4v) is 4.89. The number of nitrogens with zero attached hydrogens (tertiary/aromatic N) is 1. The summed E-state index contributed by atoms with van der Waals surface area (Å²) in [7, 11) is -2.15. The van der Waals surface area contributed by atoms with Crippen molar-refractivity contribution < 1.29 is 17.9 Å². The summed E-state index contributed by atoms with van der Waals surface area (Å²) in [6.07, 6.45) is 0. The Kier molecular flexibility index (Phi) is 5.74. The molecular formula is C21H18N4O4S2. The van der Waals surface area contributed by atoms with Gasteiger partial charge in [-0.3, -0.25) is 4.72 Å². The molecule has 10 heteroatoms. The number of thiazole rings is 1. The van der Waals surface area contributed by atoms with Crippen LogP contribution in [0.25, 0.3) is 10.2 Å². The van der Waals surface area contributed by atoms with Crippen molar-refractivity contribution in [2.75, 3.05) is 22.5 Å². The Morgan fingerprint density at radius 2 is 1.61 bits per heavy atom. The normalized spacial score (nSPS) is 11.1. The van der Waals surface area contributed by atoms with Crippen molar-refractivity contribution in [3.05, 3.63) is 72.8 Å². The molecule has 8 nitrogen and oxygen atoms in total. The van der Waals surface area contributed by atoms with E-state index in [1.54, 1.807) is 67.8 Å². The number of aromatic nitrogens is 1. The summed E-state index contributed by atoms with van der Waals surface area (Å²) in [4.78, 5) is 16.8. The SMILES string of the molecule is COc1ccc(NC(=O)Nc2ccc3sc(NS(=O)(=O)c4ccccc4)nc3c2)cc1. The molecule has 0 aliphatic carbocycles. The van der Waals surface area contributed by atoms with Crippen molar-refractivity contribution in [2.24, 2.45) is 0 Å². The van der Waals surface area contributed by atoms with E-state index in [-0.39, 0.29) is 10.0 Å².